The van der Waals surface area contributed by atoms with Crippen LogP contribution in [0.2, 0.25) is 4.34 Å². The van der Waals surface area contributed by atoms with E-state index in [4.69, 9.17) is 16.7 Å². The molecule has 1 saturated heterocycles. The van der Waals surface area contributed by atoms with Crippen molar-refractivity contribution in [1.29, 1.82) is 0 Å². The van der Waals surface area contributed by atoms with Crippen LogP contribution < -0.4 is 10.6 Å². The van der Waals surface area contributed by atoms with Crippen molar-refractivity contribution in [1.82, 2.24) is 10.6 Å². The molecule has 2 atom stereocenters. The third kappa shape index (κ3) is 2.23. The molecule has 2 rings (SSSR count). The first kappa shape index (κ1) is 12.2. The molecule has 17 heavy (non-hydrogen) atoms. The van der Waals surface area contributed by atoms with Gasteiger partial charge in [0.2, 0.25) is 5.91 Å². The van der Waals surface area contributed by atoms with Gasteiger partial charge in [0, 0.05) is 11.3 Å². The highest BCUT2D eigenvalue weighted by atomic mass is 35.5. The maximum absolute atomic E-state index is 11.5. The molecule has 1 aromatic heterocycles. The summed E-state index contributed by atoms with van der Waals surface area (Å²) in [6.45, 7) is 1.79. The van der Waals surface area contributed by atoms with Gasteiger partial charge in [-0.15, -0.1) is 11.3 Å². The van der Waals surface area contributed by atoms with E-state index in [2.05, 4.69) is 10.6 Å². The Kier molecular flexibility index (Phi) is 3.01. The smallest absolute Gasteiger partial charge is 0.404 e. The normalized spacial score (nSPS) is 27.9. The second kappa shape index (κ2) is 4.19. The van der Waals surface area contributed by atoms with Gasteiger partial charge in [0.1, 0.15) is 0 Å². The first-order chi connectivity index (χ1) is 7.91. The number of carbonyl (C=O) groups is 2. The standard InChI is InChI=1S/C10H11ClN2O3S/c1-10(6-2-3-7(11)17-6)5(12-9(15)16)4-8(14)13-10/h2-3,5,12H,4H2,1H3,(H,13,14)(H,15,16). The zero-order valence-corrected chi connectivity index (χ0v) is 10.6. The van der Waals surface area contributed by atoms with E-state index in [0.717, 1.165) is 4.88 Å². The zero-order chi connectivity index (χ0) is 12.6. The third-order valence-corrected chi connectivity index (χ3v) is 4.34. The molecule has 5 nitrogen and oxygen atoms in total. The van der Waals surface area contributed by atoms with Gasteiger partial charge in [-0.3, -0.25) is 4.79 Å². The minimum atomic E-state index is -1.14. The maximum atomic E-state index is 11.5. The molecule has 1 aliphatic heterocycles. The van der Waals surface area contributed by atoms with Crippen LogP contribution in [0.3, 0.4) is 0 Å². The quantitative estimate of drug-likeness (QED) is 0.769. The molecule has 2 heterocycles. The van der Waals surface area contributed by atoms with E-state index in [1.807, 2.05) is 0 Å². The average Bonchev–Trinajstić information content (AvgIpc) is 2.72. The number of carboxylic acid groups (broad SMARTS) is 1. The van der Waals surface area contributed by atoms with Gasteiger partial charge in [0.05, 0.1) is 15.9 Å². The maximum Gasteiger partial charge on any atom is 0.404 e. The highest BCUT2D eigenvalue weighted by Gasteiger charge is 2.46. The molecule has 0 spiro atoms. The number of nitrogens with one attached hydrogen (secondary N) is 2. The van der Waals surface area contributed by atoms with Gasteiger partial charge in [-0.1, -0.05) is 11.6 Å². The molecule has 0 saturated carbocycles. The predicted octanol–water partition coefficient (Wildman–Crippen LogP) is 1.77. The first-order valence-corrected chi connectivity index (χ1v) is 6.17. The Hall–Kier alpha value is -1.27. The van der Waals surface area contributed by atoms with Crippen LogP contribution in [0.15, 0.2) is 12.1 Å². The second-order valence-corrected chi connectivity index (χ2v) is 5.78. The van der Waals surface area contributed by atoms with Gasteiger partial charge in [0.25, 0.3) is 0 Å². The molecule has 2 unspecified atom stereocenters. The van der Waals surface area contributed by atoms with Gasteiger partial charge >= 0.3 is 6.09 Å². The summed E-state index contributed by atoms with van der Waals surface area (Å²) in [4.78, 5) is 23.0. The van der Waals surface area contributed by atoms with Gasteiger partial charge in [-0.25, -0.2) is 4.79 Å². The highest BCUT2D eigenvalue weighted by molar-refractivity contribution is 7.16. The fraction of sp³-hybridized carbons (Fsp3) is 0.400. The summed E-state index contributed by atoms with van der Waals surface area (Å²) in [6.07, 6.45) is -1.00. The van der Waals surface area contributed by atoms with E-state index in [0.29, 0.717) is 4.34 Å². The van der Waals surface area contributed by atoms with Crippen molar-refractivity contribution in [3.05, 3.63) is 21.3 Å². The Morgan fingerprint density at radius 3 is 2.94 bits per heavy atom. The van der Waals surface area contributed by atoms with Gasteiger partial charge in [-0.2, -0.15) is 0 Å². The van der Waals surface area contributed by atoms with Crippen LogP contribution in [0, 0.1) is 0 Å². The van der Waals surface area contributed by atoms with Gasteiger partial charge < -0.3 is 15.7 Å². The average molecular weight is 275 g/mol. The summed E-state index contributed by atoms with van der Waals surface area (Å²) in [6, 6.07) is 3.05. The van der Waals surface area contributed by atoms with Crippen molar-refractivity contribution in [3.8, 4) is 0 Å². The highest BCUT2D eigenvalue weighted by Crippen LogP contribution is 2.37. The molecular formula is C10H11ClN2O3S. The Morgan fingerprint density at radius 2 is 2.41 bits per heavy atom. The van der Waals surface area contributed by atoms with E-state index >= 15 is 0 Å². The molecule has 0 aromatic carbocycles. The molecule has 0 bridgehead atoms. The summed E-state index contributed by atoms with van der Waals surface area (Å²) in [5.41, 5.74) is -0.729. The largest absolute Gasteiger partial charge is 0.465 e. The van der Waals surface area contributed by atoms with Crippen LogP contribution in [-0.4, -0.2) is 23.1 Å². The minimum Gasteiger partial charge on any atom is -0.465 e. The first-order valence-electron chi connectivity index (χ1n) is 4.98. The SMILES string of the molecule is CC1(c2ccc(Cl)s2)NC(=O)CC1NC(=O)O. The number of hydrogen-bond donors (Lipinski definition) is 3. The van der Waals surface area contributed by atoms with E-state index in [9.17, 15) is 9.59 Å². The zero-order valence-electron chi connectivity index (χ0n) is 8.99. The summed E-state index contributed by atoms with van der Waals surface area (Å²) in [5.74, 6) is -0.171. The molecule has 1 aromatic rings. The van der Waals surface area contributed by atoms with Crippen molar-refractivity contribution in [2.75, 3.05) is 0 Å². The van der Waals surface area contributed by atoms with Crippen LogP contribution in [0.5, 0.6) is 0 Å². The molecule has 1 aliphatic rings. The summed E-state index contributed by atoms with van der Waals surface area (Å²) >= 11 is 7.19. The monoisotopic (exact) mass is 274 g/mol. The lowest BCUT2D eigenvalue weighted by Gasteiger charge is -2.29. The number of rotatable bonds is 2. The summed E-state index contributed by atoms with van der Waals surface area (Å²) in [7, 11) is 0. The molecule has 0 aliphatic carbocycles. The molecule has 3 N–H and O–H groups in total. The Balaban J connectivity index is 2.32. The summed E-state index contributed by atoms with van der Waals surface area (Å²) in [5, 5.41) is 13.9. The van der Waals surface area contributed by atoms with Crippen LogP contribution >= 0.6 is 22.9 Å². The van der Waals surface area contributed by atoms with Crippen molar-refractivity contribution >= 4 is 34.9 Å². The fourth-order valence-corrected chi connectivity index (χ4v) is 3.19. The lowest BCUT2D eigenvalue weighted by atomic mass is 9.92. The van der Waals surface area contributed by atoms with E-state index in [1.165, 1.54) is 11.3 Å². The molecule has 92 valence electrons. The Morgan fingerprint density at radius 1 is 1.71 bits per heavy atom. The van der Waals surface area contributed by atoms with E-state index in [1.54, 1.807) is 19.1 Å². The number of halogens is 1. The topological polar surface area (TPSA) is 78.4 Å². The van der Waals surface area contributed by atoms with Gasteiger partial charge in [0.15, 0.2) is 0 Å². The van der Waals surface area contributed by atoms with E-state index < -0.39 is 17.7 Å². The lowest BCUT2D eigenvalue weighted by Crippen LogP contribution is -2.50. The Bertz CT molecular complexity index is 476. The number of amides is 2. The summed E-state index contributed by atoms with van der Waals surface area (Å²) < 4.78 is 0.608. The second-order valence-electron chi connectivity index (χ2n) is 4.06. The van der Waals surface area contributed by atoms with Crippen molar-refractivity contribution in [2.24, 2.45) is 0 Å². The van der Waals surface area contributed by atoms with Crippen molar-refractivity contribution < 1.29 is 14.7 Å². The molecule has 1 fully saturated rings. The molecule has 7 heteroatoms. The number of hydrogen-bond acceptors (Lipinski definition) is 3. The van der Waals surface area contributed by atoms with Crippen molar-refractivity contribution in [2.45, 2.75) is 24.9 Å². The number of thiophene rings is 1. The predicted molar refractivity (Wildman–Crippen MR) is 64.4 cm³/mol. The van der Waals surface area contributed by atoms with Crippen LogP contribution in [-0.2, 0) is 10.3 Å². The fourth-order valence-electron chi connectivity index (χ4n) is 1.99. The molecule has 0 radical (unpaired) electrons. The van der Waals surface area contributed by atoms with Crippen molar-refractivity contribution in [3.63, 3.8) is 0 Å². The molecule has 2 amide bonds. The van der Waals surface area contributed by atoms with Crippen LogP contribution in [0.1, 0.15) is 18.2 Å². The lowest BCUT2D eigenvalue weighted by molar-refractivity contribution is -0.119. The molecular weight excluding hydrogens is 264 g/mol. The van der Waals surface area contributed by atoms with Crippen LogP contribution in [0.4, 0.5) is 4.79 Å². The minimum absolute atomic E-state index is 0.137. The van der Waals surface area contributed by atoms with E-state index in [-0.39, 0.29) is 12.3 Å². The van der Waals surface area contributed by atoms with Gasteiger partial charge in [-0.05, 0) is 19.1 Å². The number of carbonyl (C=O) groups excluding carboxylic acids is 1. The van der Waals surface area contributed by atoms with Crippen LogP contribution in [0.25, 0.3) is 0 Å². The Labute approximate surface area is 107 Å². The third-order valence-electron chi connectivity index (χ3n) is 2.87.